The number of fused-ring (bicyclic) bond motifs is 2. The Bertz CT molecular complexity index is 1470. The van der Waals surface area contributed by atoms with Crippen LogP contribution >= 0.6 is 11.3 Å². The number of carbonyl (C=O) groups excluding carboxylic acids is 2. The maximum absolute atomic E-state index is 13.5. The predicted molar refractivity (Wildman–Crippen MR) is 123 cm³/mol. The monoisotopic (exact) mass is 459 g/mol. The molecule has 4 aromatic rings. The van der Waals surface area contributed by atoms with E-state index >= 15 is 0 Å². The van der Waals surface area contributed by atoms with Gasteiger partial charge >= 0.3 is 5.97 Å². The number of aromatic nitrogens is 2. The molecule has 1 aliphatic rings. The number of hydrogen-bond acceptors (Lipinski definition) is 8. The van der Waals surface area contributed by atoms with Gasteiger partial charge in [0.1, 0.15) is 17.1 Å². The van der Waals surface area contributed by atoms with Crippen molar-refractivity contribution in [3.05, 3.63) is 99.1 Å². The fraction of sp³-hybridized carbons (Fsp3) is 0.125. The second kappa shape index (κ2) is 8.10. The van der Waals surface area contributed by atoms with Crippen LogP contribution in [-0.4, -0.2) is 28.5 Å². The fourth-order valence-corrected chi connectivity index (χ4v) is 4.83. The summed E-state index contributed by atoms with van der Waals surface area (Å²) < 4.78 is 11.0. The molecular weight excluding hydrogens is 442 g/mol. The molecule has 0 radical (unpaired) electrons. The Kier molecular flexibility index (Phi) is 5.10. The second-order valence-electron chi connectivity index (χ2n) is 7.33. The summed E-state index contributed by atoms with van der Waals surface area (Å²) in [6.07, 6.45) is 4.67. The number of amides is 1. The van der Waals surface area contributed by atoms with Crippen LogP contribution in [0.5, 0.6) is 0 Å². The van der Waals surface area contributed by atoms with Gasteiger partial charge in [-0.2, -0.15) is 0 Å². The lowest BCUT2D eigenvalue weighted by Crippen LogP contribution is -2.29. The first-order valence-corrected chi connectivity index (χ1v) is 10.9. The highest BCUT2D eigenvalue weighted by Crippen LogP contribution is 2.42. The molecule has 0 saturated heterocycles. The SMILES string of the molecule is C=CCOC(=O)c1sc(N2C(=O)c3oc4ccccc4c(=O)c3[C@H]2c2cccnc2)nc1C. The van der Waals surface area contributed by atoms with E-state index < -0.39 is 17.9 Å². The Hall–Kier alpha value is -4.11. The molecule has 0 unspecified atom stereocenters. The molecule has 0 saturated carbocycles. The highest BCUT2D eigenvalue weighted by atomic mass is 32.1. The number of carbonyl (C=O) groups is 2. The highest BCUT2D eigenvalue weighted by molar-refractivity contribution is 7.17. The maximum atomic E-state index is 13.5. The topological polar surface area (TPSA) is 103 Å². The van der Waals surface area contributed by atoms with E-state index in [1.54, 1.807) is 55.7 Å². The summed E-state index contributed by atoms with van der Waals surface area (Å²) >= 11 is 1.02. The molecule has 0 bridgehead atoms. The number of benzene rings is 1. The van der Waals surface area contributed by atoms with Crippen molar-refractivity contribution in [1.82, 2.24) is 9.97 Å². The van der Waals surface area contributed by atoms with Crippen molar-refractivity contribution in [1.29, 1.82) is 0 Å². The fourth-order valence-electron chi connectivity index (χ4n) is 3.84. The van der Waals surface area contributed by atoms with Gasteiger partial charge in [-0.15, -0.1) is 0 Å². The molecule has 9 heteroatoms. The quantitative estimate of drug-likeness (QED) is 0.328. The Labute approximate surface area is 191 Å². The van der Waals surface area contributed by atoms with Crippen LogP contribution in [-0.2, 0) is 4.74 Å². The smallest absolute Gasteiger partial charge is 0.350 e. The van der Waals surface area contributed by atoms with Gasteiger partial charge in [0.05, 0.1) is 22.7 Å². The van der Waals surface area contributed by atoms with E-state index in [-0.39, 0.29) is 33.4 Å². The van der Waals surface area contributed by atoms with Gasteiger partial charge in [-0.1, -0.05) is 42.2 Å². The maximum Gasteiger partial charge on any atom is 0.350 e. The first kappa shape index (κ1) is 20.8. The number of nitrogens with zero attached hydrogens (tertiary/aromatic N) is 3. The number of thiazole rings is 1. The molecule has 0 aliphatic carbocycles. The van der Waals surface area contributed by atoms with Gasteiger partial charge in [0.15, 0.2) is 10.6 Å². The summed E-state index contributed by atoms with van der Waals surface area (Å²) in [5, 5.41) is 0.635. The van der Waals surface area contributed by atoms with E-state index in [0.29, 0.717) is 22.2 Å². The van der Waals surface area contributed by atoms with Crippen LogP contribution < -0.4 is 10.3 Å². The van der Waals surface area contributed by atoms with Gasteiger partial charge in [0.2, 0.25) is 5.76 Å². The van der Waals surface area contributed by atoms with Gasteiger partial charge in [-0.3, -0.25) is 19.5 Å². The van der Waals surface area contributed by atoms with Crippen molar-refractivity contribution in [3.8, 4) is 0 Å². The van der Waals surface area contributed by atoms with Crippen LogP contribution in [0.25, 0.3) is 11.0 Å². The first-order chi connectivity index (χ1) is 16.0. The van der Waals surface area contributed by atoms with Gasteiger partial charge in [-0.05, 0) is 30.7 Å². The molecule has 0 fully saturated rings. The van der Waals surface area contributed by atoms with E-state index in [1.807, 2.05) is 0 Å². The van der Waals surface area contributed by atoms with Crippen LogP contribution in [0.4, 0.5) is 5.13 Å². The molecule has 1 amide bonds. The number of aryl methyl sites for hydroxylation is 1. The number of pyridine rings is 1. The molecule has 1 atom stereocenters. The van der Waals surface area contributed by atoms with Crippen molar-refractivity contribution in [2.24, 2.45) is 0 Å². The lowest BCUT2D eigenvalue weighted by molar-refractivity contribution is 0.0554. The number of ether oxygens (including phenoxy) is 1. The molecule has 1 aliphatic heterocycles. The van der Waals surface area contributed by atoms with Gasteiger partial charge in [0.25, 0.3) is 5.91 Å². The lowest BCUT2D eigenvalue weighted by atomic mass is 10.0. The van der Waals surface area contributed by atoms with Gasteiger partial charge in [0, 0.05) is 12.4 Å². The van der Waals surface area contributed by atoms with Crippen molar-refractivity contribution in [2.75, 3.05) is 11.5 Å². The molecule has 5 rings (SSSR count). The highest BCUT2D eigenvalue weighted by Gasteiger charge is 2.45. The third-order valence-electron chi connectivity index (χ3n) is 5.29. The summed E-state index contributed by atoms with van der Waals surface area (Å²) in [5.41, 5.74) is 1.29. The van der Waals surface area contributed by atoms with Crippen molar-refractivity contribution in [3.63, 3.8) is 0 Å². The van der Waals surface area contributed by atoms with E-state index in [9.17, 15) is 14.4 Å². The molecule has 8 nitrogen and oxygen atoms in total. The molecular formula is C24H17N3O5S. The minimum absolute atomic E-state index is 0.0452. The largest absolute Gasteiger partial charge is 0.457 e. The number of hydrogen-bond donors (Lipinski definition) is 0. The average molecular weight is 459 g/mol. The molecule has 1 aromatic carbocycles. The van der Waals surface area contributed by atoms with Crippen LogP contribution in [0.2, 0.25) is 0 Å². The summed E-state index contributed by atoms with van der Waals surface area (Å²) in [5.74, 6) is -1.11. The normalized spacial score (nSPS) is 15.0. The Morgan fingerprint density at radius 1 is 1.27 bits per heavy atom. The van der Waals surface area contributed by atoms with Crippen LogP contribution in [0.15, 0.2) is 70.7 Å². The van der Waals surface area contributed by atoms with Crippen LogP contribution in [0.3, 0.4) is 0 Å². The molecule has 0 spiro atoms. The van der Waals surface area contributed by atoms with Crippen molar-refractivity contribution < 1.29 is 18.7 Å². The molecule has 33 heavy (non-hydrogen) atoms. The minimum Gasteiger partial charge on any atom is -0.457 e. The third kappa shape index (κ3) is 3.33. The van der Waals surface area contributed by atoms with E-state index in [2.05, 4.69) is 16.5 Å². The van der Waals surface area contributed by atoms with Gasteiger partial charge in [-0.25, -0.2) is 9.78 Å². The van der Waals surface area contributed by atoms with Crippen molar-refractivity contribution >= 4 is 39.3 Å². The standard InChI is InChI=1S/C24H17N3O5S/c1-3-11-31-23(30)21-13(2)26-24(33-21)27-18(14-7-6-10-25-12-14)17-19(28)15-8-4-5-9-16(15)32-20(17)22(27)29/h3-10,12,18H,1,11H2,2H3/t18-/m1/s1. The lowest BCUT2D eigenvalue weighted by Gasteiger charge is -2.22. The summed E-state index contributed by atoms with van der Waals surface area (Å²) in [4.78, 5) is 49.7. The summed E-state index contributed by atoms with van der Waals surface area (Å²) in [6.45, 7) is 5.26. The number of anilines is 1. The molecule has 4 heterocycles. The summed E-state index contributed by atoms with van der Waals surface area (Å²) in [7, 11) is 0. The zero-order chi connectivity index (χ0) is 23.1. The first-order valence-electron chi connectivity index (χ1n) is 10.1. The zero-order valence-corrected chi connectivity index (χ0v) is 18.3. The number of rotatable bonds is 5. The Balaban J connectivity index is 1.70. The molecule has 3 aromatic heterocycles. The predicted octanol–water partition coefficient (Wildman–Crippen LogP) is 4.05. The van der Waals surface area contributed by atoms with Crippen LogP contribution in [0.1, 0.15) is 43.1 Å². The molecule has 164 valence electrons. The van der Waals surface area contributed by atoms with Crippen LogP contribution in [0, 0.1) is 6.92 Å². The minimum atomic E-state index is -0.801. The Morgan fingerprint density at radius 2 is 2.09 bits per heavy atom. The van der Waals surface area contributed by atoms with E-state index in [1.165, 1.54) is 11.0 Å². The average Bonchev–Trinajstić information content (AvgIpc) is 3.35. The Morgan fingerprint density at radius 3 is 2.85 bits per heavy atom. The van der Waals surface area contributed by atoms with E-state index in [0.717, 1.165) is 11.3 Å². The zero-order valence-electron chi connectivity index (χ0n) is 17.5. The number of esters is 1. The van der Waals surface area contributed by atoms with E-state index in [4.69, 9.17) is 9.15 Å². The number of para-hydroxylation sites is 1. The molecule has 0 N–H and O–H groups in total. The summed E-state index contributed by atoms with van der Waals surface area (Å²) in [6, 6.07) is 9.49. The van der Waals surface area contributed by atoms with Gasteiger partial charge < -0.3 is 9.15 Å². The third-order valence-corrected chi connectivity index (χ3v) is 6.42. The second-order valence-corrected chi connectivity index (χ2v) is 8.31. The van der Waals surface area contributed by atoms with Crippen molar-refractivity contribution in [2.45, 2.75) is 13.0 Å².